The molecular weight excluding hydrogens is 496 g/mol. The number of hydrogen-bond acceptors (Lipinski definition) is 7. The minimum atomic E-state index is -4.16. The summed E-state index contributed by atoms with van der Waals surface area (Å²) in [5.41, 5.74) is 3.10. The van der Waals surface area contributed by atoms with Gasteiger partial charge in [-0.2, -0.15) is 0 Å². The summed E-state index contributed by atoms with van der Waals surface area (Å²) in [5.74, 6) is -0.751. The topological polar surface area (TPSA) is 86.4 Å². The van der Waals surface area contributed by atoms with Crippen LogP contribution in [-0.4, -0.2) is 50.5 Å². The summed E-state index contributed by atoms with van der Waals surface area (Å²) in [6, 6.07) is 5.01. The van der Waals surface area contributed by atoms with E-state index < -0.39 is 32.2 Å². The van der Waals surface area contributed by atoms with Gasteiger partial charge in [0.15, 0.2) is 5.82 Å². The second kappa shape index (κ2) is 9.56. The van der Waals surface area contributed by atoms with Crippen molar-refractivity contribution in [3.63, 3.8) is 0 Å². The lowest BCUT2D eigenvalue weighted by molar-refractivity contribution is 0.501. The number of aromatic nitrogens is 1. The Labute approximate surface area is 200 Å². The van der Waals surface area contributed by atoms with Crippen LogP contribution in [-0.2, 0) is 10.0 Å². The molecular formula is C20H22Cl2FN5O2S2. The Morgan fingerprint density at radius 1 is 1.34 bits per heavy atom. The van der Waals surface area contributed by atoms with Crippen LogP contribution in [0.5, 0.6) is 0 Å². The maximum absolute atomic E-state index is 14.9. The van der Waals surface area contributed by atoms with Gasteiger partial charge >= 0.3 is 0 Å². The number of nitrogens with one attached hydrogen (secondary N) is 3. The number of hydrogen-bond donors (Lipinski definition) is 3. The van der Waals surface area contributed by atoms with Gasteiger partial charge in [-0.05, 0) is 37.3 Å². The number of thiazole rings is 1. The Hall–Kier alpha value is -1.85. The number of alkyl halides is 1. The van der Waals surface area contributed by atoms with Crippen LogP contribution >= 0.6 is 34.5 Å². The van der Waals surface area contributed by atoms with Crippen LogP contribution in [0.4, 0.5) is 21.6 Å². The smallest absolute Gasteiger partial charge is 0.265 e. The van der Waals surface area contributed by atoms with Gasteiger partial charge in [0.05, 0.1) is 28.3 Å². The molecule has 2 unspecified atom stereocenters. The van der Waals surface area contributed by atoms with Crippen molar-refractivity contribution in [2.75, 3.05) is 34.6 Å². The molecule has 12 heteroatoms. The third kappa shape index (κ3) is 5.04. The monoisotopic (exact) mass is 517 g/mol. The highest BCUT2D eigenvalue weighted by molar-refractivity contribution is 7.96. The number of piperazine rings is 1. The van der Waals surface area contributed by atoms with Crippen LogP contribution in [0.25, 0.3) is 0 Å². The number of sulfonamides is 1. The molecule has 2 aromatic rings. The van der Waals surface area contributed by atoms with Crippen molar-refractivity contribution in [3.8, 4) is 0 Å². The molecule has 2 aliphatic rings. The van der Waals surface area contributed by atoms with E-state index >= 15 is 0 Å². The largest absolute Gasteiger partial charge is 0.375 e. The van der Waals surface area contributed by atoms with Crippen molar-refractivity contribution in [3.05, 3.63) is 57.0 Å². The fourth-order valence-electron chi connectivity index (χ4n) is 3.70. The lowest BCUT2D eigenvalue weighted by atomic mass is 10.1. The van der Waals surface area contributed by atoms with E-state index in [-0.39, 0.29) is 11.9 Å². The zero-order chi connectivity index (χ0) is 22.9. The standard InChI is InChI=1S/C20H22Cl2FN5O2S2/c1-12-9-24-4-5-28(12)18-6-13(21)2-3-16(18)26-17-8-15(23)19(7-14(17)22)32(29,30)27-20-10-31-11-25-20/h2-3,6-8,10-12,14,17,24,26-27H,4-5,9H2,1H3/t12-,14?,17?/m1/s1. The number of benzene rings is 1. The highest BCUT2D eigenvalue weighted by atomic mass is 35.5. The molecule has 3 N–H and O–H groups in total. The molecule has 1 saturated heterocycles. The molecule has 1 aliphatic heterocycles. The fourth-order valence-corrected chi connectivity index (χ4v) is 5.91. The minimum Gasteiger partial charge on any atom is -0.375 e. The van der Waals surface area contributed by atoms with E-state index in [9.17, 15) is 12.8 Å². The molecule has 0 amide bonds. The van der Waals surface area contributed by atoms with Crippen LogP contribution in [0.1, 0.15) is 6.92 Å². The normalized spacial score (nSPS) is 24.0. The average molecular weight is 518 g/mol. The van der Waals surface area contributed by atoms with E-state index in [1.165, 1.54) is 34.4 Å². The Morgan fingerprint density at radius 2 is 2.16 bits per heavy atom. The summed E-state index contributed by atoms with van der Waals surface area (Å²) < 4.78 is 42.4. The Balaban J connectivity index is 1.57. The van der Waals surface area contributed by atoms with E-state index in [1.807, 2.05) is 12.1 Å². The molecule has 2 heterocycles. The Kier molecular flexibility index (Phi) is 6.97. The number of allylic oxidation sites excluding steroid dienone is 1. The number of nitrogens with zero attached hydrogens (tertiary/aromatic N) is 2. The molecule has 4 rings (SSSR count). The second-order valence-corrected chi connectivity index (χ2v) is 10.9. The first-order valence-corrected chi connectivity index (χ1v) is 13.2. The Bertz CT molecular complexity index is 1140. The fraction of sp³-hybridized carbons (Fsp3) is 0.350. The maximum Gasteiger partial charge on any atom is 0.265 e. The summed E-state index contributed by atoms with van der Waals surface area (Å²) >= 11 is 13.9. The van der Waals surface area contributed by atoms with Crippen molar-refractivity contribution in [1.82, 2.24) is 10.3 Å². The van der Waals surface area contributed by atoms with Crippen LogP contribution in [0.2, 0.25) is 5.02 Å². The molecule has 0 bridgehead atoms. The van der Waals surface area contributed by atoms with Crippen molar-refractivity contribution < 1.29 is 12.8 Å². The van der Waals surface area contributed by atoms with E-state index in [0.717, 1.165) is 31.0 Å². The zero-order valence-corrected chi connectivity index (χ0v) is 20.2. The SMILES string of the molecule is C[C@@H]1CNCCN1c1cc(Cl)ccc1NC1C=C(F)C(S(=O)(=O)Nc2cscn2)=CC1Cl. The summed E-state index contributed by atoms with van der Waals surface area (Å²) in [6.45, 7) is 4.57. The molecule has 7 nitrogen and oxygen atoms in total. The predicted octanol–water partition coefficient (Wildman–Crippen LogP) is 4.18. The van der Waals surface area contributed by atoms with Gasteiger partial charge in [-0.15, -0.1) is 22.9 Å². The quantitative estimate of drug-likeness (QED) is 0.498. The maximum atomic E-state index is 14.9. The molecule has 1 aromatic heterocycles. The summed E-state index contributed by atoms with van der Waals surface area (Å²) in [5, 5.41) is 7.90. The molecule has 0 saturated carbocycles. The van der Waals surface area contributed by atoms with Gasteiger partial charge in [0.1, 0.15) is 10.7 Å². The number of halogens is 3. The lowest BCUT2D eigenvalue weighted by Crippen LogP contribution is -2.50. The van der Waals surface area contributed by atoms with Gasteiger partial charge in [-0.25, -0.2) is 17.8 Å². The number of anilines is 3. The molecule has 3 atom stereocenters. The van der Waals surface area contributed by atoms with Crippen LogP contribution in [0, 0.1) is 0 Å². The first-order valence-electron chi connectivity index (χ1n) is 9.92. The summed E-state index contributed by atoms with van der Waals surface area (Å²) in [6.07, 6.45) is 2.39. The van der Waals surface area contributed by atoms with Gasteiger partial charge in [0.2, 0.25) is 0 Å². The molecule has 0 spiro atoms. The minimum absolute atomic E-state index is 0.131. The van der Waals surface area contributed by atoms with E-state index in [1.54, 1.807) is 6.07 Å². The molecule has 1 aliphatic carbocycles. The van der Waals surface area contributed by atoms with Gasteiger partial charge in [0, 0.05) is 36.1 Å². The molecule has 1 aromatic carbocycles. The van der Waals surface area contributed by atoms with Crippen LogP contribution < -0.4 is 20.3 Å². The predicted molar refractivity (Wildman–Crippen MR) is 130 cm³/mol. The zero-order valence-electron chi connectivity index (χ0n) is 17.1. The summed E-state index contributed by atoms with van der Waals surface area (Å²) in [4.78, 5) is 5.59. The Morgan fingerprint density at radius 3 is 2.88 bits per heavy atom. The molecule has 1 fully saturated rings. The van der Waals surface area contributed by atoms with Crippen LogP contribution in [0.15, 0.2) is 52.0 Å². The lowest BCUT2D eigenvalue weighted by Gasteiger charge is -2.38. The van der Waals surface area contributed by atoms with E-state index in [0.29, 0.717) is 5.02 Å². The number of rotatable bonds is 6. The van der Waals surface area contributed by atoms with Crippen molar-refractivity contribution in [2.45, 2.75) is 24.4 Å². The highest BCUT2D eigenvalue weighted by Crippen LogP contribution is 2.35. The third-order valence-electron chi connectivity index (χ3n) is 5.27. The first kappa shape index (κ1) is 23.3. The summed E-state index contributed by atoms with van der Waals surface area (Å²) in [7, 11) is -4.16. The van der Waals surface area contributed by atoms with E-state index in [4.69, 9.17) is 23.2 Å². The molecule has 0 radical (unpaired) electrons. The van der Waals surface area contributed by atoms with Gasteiger partial charge in [-0.1, -0.05) is 11.6 Å². The first-order chi connectivity index (χ1) is 15.2. The van der Waals surface area contributed by atoms with Gasteiger partial charge < -0.3 is 15.5 Å². The average Bonchev–Trinajstić information content (AvgIpc) is 3.24. The third-order valence-corrected chi connectivity index (χ3v) is 7.88. The van der Waals surface area contributed by atoms with Gasteiger partial charge in [-0.3, -0.25) is 4.72 Å². The second-order valence-electron chi connectivity index (χ2n) is 7.55. The van der Waals surface area contributed by atoms with Crippen molar-refractivity contribution >= 4 is 61.8 Å². The van der Waals surface area contributed by atoms with Crippen molar-refractivity contribution in [2.24, 2.45) is 0 Å². The van der Waals surface area contributed by atoms with Gasteiger partial charge in [0.25, 0.3) is 10.0 Å². The highest BCUT2D eigenvalue weighted by Gasteiger charge is 2.32. The molecule has 172 valence electrons. The van der Waals surface area contributed by atoms with Crippen LogP contribution in [0.3, 0.4) is 0 Å². The van der Waals surface area contributed by atoms with Crippen molar-refractivity contribution in [1.29, 1.82) is 0 Å². The molecule has 32 heavy (non-hydrogen) atoms. The van der Waals surface area contributed by atoms with E-state index in [2.05, 4.69) is 32.2 Å².